The van der Waals surface area contributed by atoms with E-state index in [2.05, 4.69) is 20.3 Å². The number of nitrogens with zero attached hydrogens (tertiary/aromatic N) is 3. The van der Waals surface area contributed by atoms with Crippen molar-refractivity contribution in [2.75, 3.05) is 0 Å². The van der Waals surface area contributed by atoms with Crippen molar-refractivity contribution >= 4 is 12.1 Å². The third-order valence-corrected chi connectivity index (χ3v) is 2.44. The molecule has 0 bridgehead atoms. The zero-order valence-electron chi connectivity index (χ0n) is 10.2. The Morgan fingerprint density at radius 2 is 2.26 bits per heavy atom. The van der Waals surface area contributed by atoms with Gasteiger partial charge >= 0.3 is 0 Å². The van der Waals surface area contributed by atoms with Gasteiger partial charge in [0.25, 0.3) is 5.69 Å². The smallest absolute Gasteiger partial charge is 0.263 e. The monoisotopic (exact) mass is 260 g/mol. The summed E-state index contributed by atoms with van der Waals surface area (Å²) in [6.45, 7) is 1.54. The number of aromatic nitrogens is 2. The molecular weight excluding hydrogens is 248 g/mol. The van der Waals surface area contributed by atoms with E-state index in [1.807, 2.05) is 30.3 Å². The average molecular weight is 260 g/mol. The highest BCUT2D eigenvalue weighted by atomic mass is 16.8. The third-order valence-electron chi connectivity index (χ3n) is 2.44. The van der Waals surface area contributed by atoms with Crippen molar-refractivity contribution in [3.63, 3.8) is 0 Å². The van der Waals surface area contributed by atoms with Gasteiger partial charge in [0.2, 0.25) is 11.6 Å². The van der Waals surface area contributed by atoms with Crippen LogP contribution in [-0.2, 0) is 11.2 Å². The fraction of sp³-hybridized carbons (Fsp3) is 0.167. The first-order valence-electron chi connectivity index (χ1n) is 5.59. The van der Waals surface area contributed by atoms with Gasteiger partial charge in [-0.15, -0.1) is 0 Å². The lowest BCUT2D eigenvalue weighted by atomic mass is 10.1. The molecular formula is C12H12N4O3. The maximum absolute atomic E-state index is 11.6. The van der Waals surface area contributed by atoms with Gasteiger partial charge in [0.05, 0.1) is 6.42 Å². The van der Waals surface area contributed by atoms with Crippen molar-refractivity contribution in [1.29, 1.82) is 0 Å². The first-order valence-corrected chi connectivity index (χ1v) is 5.59. The molecule has 0 fully saturated rings. The lowest BCUT2D eigenvalue weighted by Crippen LogP contribution is -2.26. The van der Waals surface area contributed by atoms with Crippen molar-refractivity contribution in [2.24, 2.45) is 5.10 Å². The molecule has 0 aliphatic heterocycles. The molecule has 0 atom stereocenters. The number of carbonyl (C=O) groups excluding carboxylic acids is 1. The van der Waals surface area contributed by atoms with Crippen LogP contribution in [0, 0.1) is 12.1 Å². The van der Waals surface area contributed by atoms with E-state index in [-0.39, 0.29) is 28.6 Å². The molecule has 0 saturated carbocycles. The van der Waals surface area contributed by atoms with E-state index in [4.69, 9.17) is 0 Å². The summed E-state index contributed by atoms with van der Waals surface area (Å²) in [5.41, 5.74) is 3.80. The second-order valence-electron chi connectivity index (χ2n) is 3.86. The first-order chi connectivity index (χ1) is 9.16. The van der Waals surface area contributed by atoms with E-state index in [1.54, 1.807) is 0 Å². The molecule has 98 valence electrons. The molecule has 0 radical (unpaired) electrons. The van der Waals surface area contributed by atoms with Gasteiger partial charge in [-0.2, -0.15) is 5.10 Å². The van der Waals surface area contributed by atoms with Gasteiger partial charge < -0.3 is 5.21 Å². The van der Waals surface area contributed by atoms with Crippen LogP contribution in [-0.4, -0.2) is 17.3 Å². The van der Waals surface area contributed by atoms with Crippen LogP contribution in [0.2, 0.25) is 0 Å². The fourth-order valence-corrected chi connectivity index (χ4v) is 1.41. The molecule has 7 heteroatoms. The van der Waals surface area contributed by atoms with Crippen molar-refractivity contribution in [3.8, 4) is 0 Å². The molecule has 0 saturated heterocycles. The van der Waals surface area contributed by atoms with Crippen molar-refractivity contribution in [2.45, 2.75) is 13.3 Å². The van der Waals surface area contributed by atoms with Gasteiger partial charge in [-0.3, -0.25) is 9.42 Å². The summed E-state index contributed by atoms with van der Waals surface area (Å²) in [5.74, 6) is -0.251. The minimum absolute atomic E-state index is 0.234. The maximum atomic E-state index is 11.6. The molecule has 0 unspecified atom stereocenters. The van der Waals surface area contributed by atoms with Crippen molar-refractivity contribution in [1.82, 2.24) is 10.6 Å². The van der Waals surface area contributed by atoms with Gasteiger partial charge in [0.1, 0.15) is 6.21 Å². The number of rotatable bonds is 4. The normalized spacial score (nSPS) is 10.8. The van der Waals surface area contributed by atoms with E-state index >= 15 is 0 Å². The molecule has 19 heavy (non-hydrogen) atoms. The van der Waals surface area contributed by atoms with Gasteiger partial charge in [-0.25, -0.2) is 5.43 Å². The lowest BCUT2D eigenvalue weighted by molar-refractivity contribution is -0.806. The Morgan fingerprint density at radius 3 is 2.89 bits per heavy atom. The van der Waals surface area contributed by atoms with Gasteiger partial charge in [0, 0.05) is 12.1 Å². The molecule has 1 aromatic heterocycles. The van der Waals surface area contributed by atoms with Crippen molar-refractivity contribution in [3.05, 3.63) is 52.5 Å². The lowest BCUT2D eigenvalue weighted by Gasteiger charge is -1.98. The first kappa shape index (κ1) is 12.7. The Bertz CT molecular complexity index is 592. The molecule has 1 amide bonds. The van der Waals surface area contributed by atoms with E-state index < -0.39 is 0 Å². The largest absolute Gasteiger partial charge is 0.359 e. The Balaban J connectivity index is 1.89. The Morgan fingerprint density at radius 1 is 1.53 bits per heavy atom. The van der Waals surface area contributed by atoms with Crippen LogP contribution < -0.4 is 10.3 Å². The molecule has 7 nitrogen and oxygen atoms in total. The van der Waals surface area contributed by atoms with Crippen LogP contribution in [0.3, 0.4) is 0 Å². The molecule has 1 N–H and O–H groups in total. The molecule has 2 rings (SSSR count). The third kappa shape index (κ3) is 3.38. The highest BCUT2D eigenvalue weighted by Gasteiger charge is 2.11. The number of nitrogens with one attached hydrogen (secondary N) is 1. The summed E-state index contributed by atoms with van der Waals surface area (Å²) in [7, 11) is 0. The standard InChI is InChI=1S/C12H12N4O3/c1-9-11(15-19-16(9)18)8-13-14-12(17)7-10-5-3-2-4-6-10/h2-6,8H,7H2,1H3,(H,14,17)/b13-8+. The van der Waals surface area contributed by atoms with Crippen LogP contribution in [0.1, 0.15) is 17.0 Å². The zero-order valence-corrected chi connectivity index (χ0v) is 10.2. The molecule has 2 aromatic rings. The van der Waals surface area contributed by atoms with Crippen LogP contribution in [0.4, 0.5) is 0 Å². The summed E-state index contributed by atoms with van der Waals surface area (Å²) in [5, 5.41) is 18.1. The minimum atomic E-state index is -0.251. The van der Waals surface area contributed by atoms with Gasteiger partial charge in [0.15, 0.2) is 0 Å². The quantitative estimate of drug-likeness (QED) is 0.486. The van der Waals surface area contributed by atoms with Crippen LogP contribution >= 0.6 is 0 Å². The molecule has 0 spiro atoms. The Hall–Kier alpha value is -2.70. The predicted molar refractivity (Wildman–Crippen MR) is 66.1 cm³/mol. The highest BCUT2D eigenvalue weighted by Crippen LogP contribution is 1.99. The van der Waals surface area contributed by atoms with Gasteiger partial charge in [-0.1, -0.05) is 30.3 Å². The Kier molecular flexibility index (Phi) is 3.87. The summed E-state index contributed by atoms with van der Waals surface area (Å²) < 4.78 is 4.36. The number of hydrazone groups is 1. The minimum Gasteiger partial charge on any atom is -0.359 e. The average Bonchev–Trinajstić information content (AvgIpc) is 2.72. The molecule has 0 aliphatic rings. The molecule has 1 heterocycles. The fourth-order valence-electron chi connectivity index (χ4n) is 1.41. The van der Waals surface area contributed by atoms with E-state index in [0.29, 0.717) is 0 Å². The van der Waals surface area contributed by atoms with Crippen LogP contribution in [0.25, 0.3) is 0 Å². The van der Waals surface area contributed by atoms with E-state index in [1.165, 1.54) is 13.1 Å². The molecule has 1 aromatic carbocycles. The number of hydrogen-bond donors (Lipinski definition) is 1. The van der Waals surface area contributed by atoms with E-state index in [0.717, 1.165) is 5.56 Å². The van der Waals surface area contributed by atoms with E-state index in [9.17, 15) is 10.0 Å². The zero-order chi connectivity index (χ0) is 13.7. The summed E-state index contributed by atoms with van der Waals surface area (Å²) in [4.78, 5) is 11.8. The van der Waals surface area contributed by atoms with Crippen LogP contribution in [0.5, 0.6) is 0 Å². The SMILES string of the molecule is Cc1c(/C=N/NC(=O)Cc2ccccc2)no[n+]1[O-]. The number of amides is 1. The summed E-state index contributed by atoms with van der Waals surface area (Å²) in [6.07, 6.45) is 1.49. The number of benzene rings is 1. The van der Waals surface area contributed by atoms with Gasteiger partial charge in [-0.05, 0) is 10.5 Å². The maximum Gasteiger partial charge on any atom is 0.263 e. The second-order valence-corrected chi connectivity index (χ2v) is 3.86. The molecule has 0 aliphatic carbocycles. The summed E-state index contributed by atoms with van der Waals surface area (Å²) >= 11 is 0. The van der Waals surface area contributed by atoms with Crippen molar-refractivity contribution < 1.29 is 14.3 Å². The predicted octanol–water partition coefficient (Wildman–Crippen LogP) is 0.309. The summed E-state index contributed by atoms with van der Waals surface area (Å²) in [6, 6.07) is 9.30. The Labute approximate surface area is 109 Å². The van der Waals surface area contributed by atoms with Crippen LogP contribution in [0.15, 0.2) is 40.1 Å². The number of carbonyl (C=O) groups is 1. The second kappa shape index (κ2) is 5.76. The topological polar surface area (TPSA) is 94.4 Å². The number of hydrogen-bond acceptors (Lipinski definition) is 5. The highest BCUT2D eigenvalue weighted by molar-refractivity contribution is 5.82.